The molecule has 1 amide bonds. The molecule has 0 unspecified atom stereocenters. The Morgan fingerprint density at radius 2 is 2.11 bits per heavy atom. The van der Waals surface area contributed by atoms with Gasteiger partial charge in [-0.15, -0.1) is 0 Å². The highest BCUT2D eigenvalue weighted by atomic mass is 16.4. The molecule has 1 heterocycles. The molecule has 0 spiro atoms. The van der Waals surface area contributed by atoms with Crippen molar-refractivity contribution in [3.63, 3.8) is 0 Å². The number of amides is 1. The molecule has 0 aliphatic carbocycles. The molecule has 0 radical (unpaired) electrons. The second kappa shape index (κ2) is 4.91. The molecule has 1 aromatic carbocycles. The first-order chi connectivity index (χ1) is 8.59. The predicted molar refractivity (Wildman–Crippen MR) is 67.4 cm³/mol. The van der Waals surface area contributed by atoms with Crippen molar-refractivity contribution in [2.24, 2.45) is 0 Å². The van der Waals surface area contributed by atoms with E-state index < -0.39 is 11.9 Å². The van der Waals surface area contributed by atoms with Gasteiger partial charge in [0.1, 0.15) is 5.92 Å². The summed E-state index contributed by atoms with van der Waals surface area (Å²) in [5, 5.41) is 12.7. The number of rotatable bonds is 4. The van der Waals surface area contributed by atoms with Crippen molar-refractivity contribution in [2.75, 3.05) is 6.54 Å². The molecule has 0 aliphatic rings. The zero-order valence-electron chi connectivity index (χ0n) is 9.93. The number of H-pyrrole nitrogens is 1. The molecular weight excluding hydrogens is 232 g/mol. The topological polar surface area (TPSA) is 82.2 Å². The smallest absolute Gasteiger partial charge is 0.312 e. The van der Waals surface area contributed by atoms with Crippen LogP contribution in [0.3, 0.4) is 0 Å². The van der Waals surface area contributed by atoms with Crippen LogP contribution in [0.15, 0.2) is 30.5 Å². The third-order valence-corrected chi connectivity index (χ3v) is 2.85. The number of nitrogens with one attached hydrogen (secondary N) is 2. The highest BCUT2D eigenvalue weighted by molar-refractivity contribution is 5.89. The second-order valence-electron chi connectivity index (χ2n) is 4.12. The molecule has 1 aromatic heterocycles. The van der Waals surface area contributed by atoms with Crippen LogP contribution >= 0.6 is 0 Å². The number of aromatic amines is 1. The first-order valence-corrected chi connectivity index (χ1v) is 5.63. The molecule has 2 aromatic rings. The summed E-state index contributed by atoms with van der Waals surface area (Å²) in [5.74, 6) is -1.93. The van der Waals surface area contributed by atoms with Gasteiger partial charge >= 0.3 is 5.97 Å². The van der Waals surface area contributed by atoms with Gasteiger partial charge in [0.25, 0.3) is 0 Å². The monoisotopic (exact) mass is 246 g/mol. The number of carbonyl (C=O) groups is 2. The Morgan fingerprint density at radius 3 is 2.78 bits per heavy atom. The number of carboxylic acid groups (broad SMARTS) is 1. The Morgan fingerprint density at radius 1 is 1.39 bits per heavy atom. The van der Waals surface area contributed by atoms with Crippen LogP contribution in [0.25, 0.3) is 10.9 Å². The molecule has 0 saturated heterocycles. The Bertz CT molecular complexity index is 589. The molecule has 0 aliphatic heterocycles. The average Bonchev–Trinajstić information content (AvgIpc) is 2.73. The van der Waals surface area contributed by atoms with Gasteiger partial charge in [-0.2, -0.15) is 0 Å². The third-order valence-electron chi connectivity index (χ3n) is 2.85. The Balaban J connectivity index is 2.36. The maximum absolute atomic E-state index is 11.3. The van der Waals surface area contributed by atoms with Crippen LogP contribution in [0.4, 0.5) is 0 Å². The Hall–Kier alpha value is -2.30. The van der Waals surface area contributed by atoms with Gasteiger partial charge in [0.2, 0.25) is 5.91 Å². The molecular formula is C13H14N2O3. The van der Waals surface area contributed by atoms with Crippen molar-refractivity contribution in [1.82, 2.24) is 10.3 Å². The number of benzene rings is 1. The Labute approximate surface area is 104 Å². The van der Waals surface area contributed by atoms with E-state index in [1.807, 2.05) is 24.3 Å². The highest BCUT2D eigenvalue weighted by Crippen LogP contribution is 2.25. The van der Waals surface area contributed by atoms with Crippen molar-refractivity contribution in [3.05, 3.63) is 36.0 Å². The number of aromatic nitrogens is 1. The van der Waals surface area contributed by atoms with E-state index in [0.29, 0.717) is 5.56 Å². The molecule has 3 N–H and O–H groups in total. The summed E-state index contributed by atoms with van der Waals surface area (Å²) in [6.07, 6.45) is 1.69. The van der Waals surface area contributed by atoms with Crippen LogP contribution in [-0.4, -0.2) is 28.5 Å². The number of carbonyl (C=O) groups excluding carboxylic acids is 1. The fraction of sp³-hybridized carbons (Fsp3) is 0.231. The second-order valence-corrected chi connectivity index (χ2v) is 4.12. The zero-order valence-corrected chi connectivity index (χ0v) is 9.93. The van der Waals surface area contributed by atoms with Gasteiger partial charge in [-0.25, -0.2) is 0 Å². The summed E-state index contributed by atoms with van der Waals surface area (Å²) in [4.78, 5) is 25.2. The van der Waals surface area contributed by atoms with E-state index in [1.165, 1.54) is 6.92 Å². The molecule has 0 saturated carbocycles. The Kier molecular flexibility index (Phi) is 3.32. The largest absolute Gasteiger partial charge is 0.481 e. The molecule has 0 fully saturated rings. The molecule has 5 heteroatoms. The maximum Gasteiger partial charge on any atom is 0.312 e. The van der Waals surface area contributed by atoms with Gasteiger partial charge in [0.05, 0.1) is 0 Å². The van der Waals surface area contributed by atoms with Crippen molar-refractivity contribution in [2.45, 2.75) is 12.8 Å². The summed E-state index contributed by atoms with van der Waals surface area (Å²) in [6, 6.07) is 7.49. The van der Waals surface area contributed by atoms with E-state index in [2.05, 4.69) is 10.3 Å². The van der Waals surface area contributed by atoms with Crippen molar-refractivity contribution in [1.29, 1.82) is 0 Å². The number of fused-ring (bicyclic) bond motifs is 1. The van der Waals surface area contributed by atoms with Crippen molar-refractivity contribution >= 4 is 22.8 Å². The van der Waals surface area contributed by atoms with E-state index >= 15 is 0 Å². The number of para-hydroxylation sites is 1. The SMILES string of the molecule is CC(=O)NC[C@H](C(=O)O)c1c[nH]c2ccccc12. The lowest BCUT2D eigenvalue weighted by atomic mass is 9.98. The van der Waals surface area contributed by atoms with Crippen LogP contribution in [0.2, 0.25) is 0 Å². The summed E-state index contributed by atoms with van der Waals surface area (Å²) < 4.78 is 0. The quantitative estimate of drug-likeness (QED) is 0.764. The minimum atomic E-state index is -0.950. The normalized spacial score (nSPS) is 12.3. The first-order valence-electron chi connectivity index (χ1n) is 5.63. The van der Waals surface area contributed by atoms with Gasteiger partial charge in [0, 0.05) is 30.6 Å². The summed E-state index contributed by atoms with van der Waals surface area (Å²) >= 11 is 0. The third kappa shape index (κ3) is 2.34. The lowest BCUT2D eigenvalue weighted by molar-refractivity contribution is -0.138. The standard InChI is InChI=1S/C13H14N2O3/c1-8(16)14-7-11(13(17)18)10-6-15-12-5-3-2-4-9(10)12/h2-6,11,15H,7H2,1H3,(H,14,16)(H,17,18)/t11-/m0/s1. The number of aliphatic carboxylic acids is 1. The van der Waals surface area contributed by atoms with E-state index in [4.69, 9.17) is 0 Å². The first kappa shape index (κ1) is 12.2. The van der Waals surface area contributed by atoms with E-state index in [1.54, 1.807) is 6.20 Å². The molecule has 1 atom stereocenters. The minimum Gasteiger partial charge on any atom is -0.481 e. The van der Waals surface area contributed by atoms with Crippen molar-refractivity contribution in [3.8, 4) is 0 Å². The van der Waals surface area contributed by atoms with Crippen LogP contribution in [-0.2, 0) is 9.59 Å². The van der Waals surface area contributed by atoms with Crippen LogP contribution in [0.5, 0.6) is 0 Å². The molecule has 5 nitrogen and oxygen atoms in total. The number of hydrogen-bond acceptors (Lipinski definition) is 2. The molecule has 0 bridgehead atoms. The lowest BCUT2D eigenvalue weighted by Gasteiger charge is -2.11. The maximum atomic E-state index is 11.3. The van der Waals surface area contributed by atoms with Gasteiger partial charge in [-0.3, -0.25) is 9.59 Å². The van der Waals surface area contributed by atoms with E-state index in [0.717, 1.165) is 10.9 Å². The van der Waals surface area contributed by atoms with Gasteiger partial charge < -0.3 is 15.4 Å². The summed E-state index contributed by atoms with van der Waals surface area (Å²) in [6.45, 7) is 1.46. The summed E-state index contributed by atoms with van der Waals surface area (Å²) in [5.41, 5.74) is 1.58. The highest BCUT2D eigenvalue weighted by Gasteiger charge is 2.22. The minimum absolute atomic E-state index is 0.0898. The molecule has 18 heavy (non-hydrogen) atoms. The van der Waals surface area contributed by atoms with E-state index in [9.17, 15) is 14.7 Å². The fourth-order valence-corrected chi connectivity index (χ4v) is 1.96. The van der Waals surface area contributed by atoms with Crippen LogP contribution in [0.1, 0.15) is 18.4 Å². The number of carboxylic acids is 1. The predicted octanol–water partition coefficient (Wildman–Crippen LogP) is 1.47. The summed E-state index contributed by atoms with van der Waals surface area (Å²) in [7, 11) is 0. The lowest BCUT2D eigenvalue weighted by Crippen LogP contribution is -2.29. The van der Waals surface area contributed by atoms with Crippen molar-refractivity contribution < 1.29 is 14.7 Å². The molecule has 94 valence electrons. The molecule has 2 rings (SSSR count). The fourth-order valence-electron chi connectivity index (χ4n) is 1.96. The van der Waals surface area contributed by atoms with Gasteiger partial charge in [0.15, 0.2) is 0 Å². The number of hydrogen-bond donors (Lipinski definition) is 3. The van der Waals surface area contributed by atoms with Crippen LogP contribution in [0, 0.1) is 0 Å². The van der Waals surface area contributed by atoms with Crippen LogP contribution < -0.4 is 5.32 Å². The van der Waals surface area contributed by atoms with Gasteiger partial charge in [-0.1, -0.05) is 18.2 Å². The zero-order chi connectivity index (χ0) is 13.1. The van der Waals surface area contributed by atoms with Gasteiger partial charge in [-0.05, 0) is 11.6 Å². The average molecular weight is 246 g/mol. The van der Waals surface area contributed by atoms with E-state index in [-0.39, 0.29) is 12.5 Å².